The number of hydrogen-bond acceptors (Lipinski definition) is 4. The summed E-state index contributed by atoms with van der Waals surface area (Å²) in [5.41, 5.74) is 6.97. The van der Waals surface area contributed by atoms with Crippen LogP contribution in [0.25, 0.3) is 0 Å². The van der Waals surface area contributed by atoms with Crippen LogP contribution in [-0.2, 0) is 16.0 Å². The summed E-state index contributed by atoms with van der Waals surface area (Å²) in [6.07, 6.45) is 2.21. The van der Waals surface area contributed by atoms with Crippen LogP contribution in [0.4, 0.5) is 4.39 Å². The second kappa shape index (κ2) is 10.4. The molecular formula is C22H27ClFNO3. The van der Waals surface area contributed by atoms with E-state index in [4.69, 9.17) is 15.2 Å². The molecule has 0 aromatic heterocycles. The normalized spacial score (nSPS) is 25.5. The van der Waals surface area contributed by atoms with Gasteiger partial charge in [-0.25, -0.2) is 4.39 Å². The van der Waals surface area contributed by atoms with Crippen molar-refractivity contribution in [3.05, 3.63) is 66.0 Å². The number of nitrogens with two attached hydrogens (primary N) is 1. The maximum absolute atomic E-state index is 13.3. The first-order valence-corrected chi connectivity index (χ1v) is 9.45. The molecule has 4 atom stereocenters. The Morgan fingerprint density at radius 1 is 1.11 bits per heavy atom. The highest BCUT2D eigenvalue weighted by Crippen LogP contribution is 2.28. The van der Waals surface area contributed by atoms with Crippen LogP contribution < -0.4 is 10.5 Å². The molecule has 28 heavy (non-hydrogen) atoms. The maximum Gasteiger partial charge on any atom is 0.323 e. The van der Waals surface area contributed by atoms with Crippen LogP contribution in [0.1, 0.15) is 31.7 Å². The second-order valence-corrected chi connectivity index (χ2v) is 7.17. The lowest BCUT2D eigenvalue weighted by Gasteiger charge is -2.31. The molecule has 2 aromatic rings. The molecule has 0 saturated carbocycles. The summed E-state index contributed by atoms with van der Waals surface area (Å²) in [7, 11) is 0. The number of para-hydroxylation sites is 1. The van der Waals surface area contributed by atoms with E-state index < -0.39 is 12.1 Å². The van der Waals surface area contributed by atoms with Crippen LogP contribution in [0.5, 0.6) is 5.75 Å². The van der Waals surface area contributed by atoms with Gasteiger partial charge in [0.15, 0.2) is 0 Å². The monoisotopic (exact) mass is 407 g/mol. The van der Waals surface area contributed by atoms with Crippen LogP contribution >= 0.6 is 12.4 Å². The smallest absolute Gasteiger partial charge is 0.323 e. The van der Waals surface area contributed by atoms with Gasteiger partial charge in [-0.05, 0) is 56.0 Å². The minimum atomic E-state index is -0.602. The van der Waals surface area contributed by atoms with Crippen LogP contribution in [0.2, 0.25) is 0 Å². The topological polar surface area (TPSA) is 61.5 Å². The largest absolute Gasteiger partial charge is 0.486 e. The molecule has 0 amide bonds. The van der Waals surface area contributed by atoms with Crippen molar-refractivity contribution in [2.75, 3.05) is 0 Å². The number of ether oxygens (including phenoxy) is 2. The summed E-state index contributed by atoms with van der Waals surface area (Å²) in [4.78, 5) is 12.2. The summed E-state index contributed by atoms with van der Waals surface area (Å²) < 4.78 is 25.1. The fraction of sp³-hybridized carbons (Fsp3) is 0.409. The van der Waals surface area contributed by atoms with E-state index in [1.807, 2.05) is 37.3 Å². The van der Waals surface area contributed by atoms with Gasteiger partial charge in [0.2, 0.25) is 0 Å². The minimum absolute atomic E-state index is 0. The first-order chi connectivity index (χ1) is 13.0. The number of carbonyl (C=O) groups excluding carboxylic acids is 1. The van der Waals surface area contributed by atoms with Crippen molar-refractivity contribution in [1.82, 2.24) is 0 Å². The van der Waals surface area contributed by atoms with Crippen LogP contribution in [0.15, 0.2) is 54.6 Å². The Bertz CT molecular complexity index is 741. The third-order valence-corrected chi connectivity index (χ3v) is 5.05. The predicted octanol–water partition coefficient (Wildman–Crippen LogP) is 4.30. The molecule has 0 bridgehead atoms. The van der Waals surface area contributed by atoms with Crippen molar-refractivity contribution in [2.45, 2.75) is 50.9 Å². The molecule has 0 unspecified atom stereocenters. The lowest BCUT2D eigenvalue weighted by Crippen LogP contribution is -2.42. The first kappa shape index (κ1) is 22.2. The average molecular weight is 408 g/mol. The highest BCUT2D eigenvalue weighted by Gasteiger charge is 2.34. The number of halogens is 2. The summed E-state index contributed by atoms with van der Waals surface area (Å²) in [5, 5.41) is 0. The number of rotatable bonds is 4. The molecule has 2 aromatic carbocycles. The van der Waals surface area contributed by atoms with E-state index in [0.717, 1.165) is 30.6 Å². The third kappa shape index (κ3) is 5.94. The Balaban J connectivity index is 0.00000280. The molecule has 1 saturated heterocycles. The number of hydrogen-bond donors (Lipinski definition) is 1. The Morgan fingerprint density at radius 3 is 2.46 bits per heavy atom. The van der Waals surface area contributed by atoms with Crippen LogP contribution in [-0.4, -0.2) is 24.2 Å². The van der Waals surface area contributed by atoms with E-state index in [2.05, 4.69) is 0 Å². The van der Waals surface area contributed by atoms with Crippen molar-refractivity contribution < 1.29 is 18.7 Å². The SMILES string of the molecule is C[C@@H]1OC(=O)[C@@H](N)CCC[C@H](Cc2ccc(F)cc2)[C@H]1Oc1ccccc1.Cl. The molecule has 2 N–H and O–H groups in total. The fourth-order valence-corrected chi connectivity index (χ4v) is 3.59. The quantitative estimate of drug-likeness (QED) is 0.767. The second-order valence-electron chi connectivity index (χ2n) is 7.17. The zero-order valence-corrected chi connectivity index (χ0v) is 16.7. The van der Waals surface area contributed by atoms with Gasteiger partial charge in [0.25, 0.3) is 0 Å². The van der Waals surface area contributed by atoms with E-state index in [0.29, 0.717) is 6.42 Å². The van der Waals surface area contributed by atoms with Gasteiger partial charge in [0.1, 0.15) is 29.8 Å². The Labute approximate surface area is 171 Å². The van der Waals surface area contributed by atoms with Gasteiger partial charge in [-0.1, -0.05) is 36.8 Å². The summed E-state index contributed by atoms with van der Waals surface area (Å²) in [6, 6.07) is 15.5. The fourth-order valence-electron chi connectivity index (χ4n) is 3.59. The van der Waals surface area contributed by atoms with E-state index in [1.165, 1.54) is 12.1 Å². The zero-order valence-electron chi connectivity index (χ0n) is 15.9. The Morgan fingerprint density at radius 2 is 1.79 bits per heavy atom. The molecule has 0 spiro atoms. The van der Waals surface area contributed by atoms with Crippen molar-refractivity contribution in [3.8, 4) is 5.75 Å². The predicted molar refractivity (Wildman–Crippen MR) is 109 cm³/mol. The molecule has 0 aliphatic carbocycles. The molecule has 1 aliphatic heterocycles. The molecule has 6 heteroatoms. The maximum atomic E-state index is 13.3. The van der Waals surface area contributed by atoms with Crippen LogP contribution in [0, 0.1) is 11.7 Å². The molecule has 1 heterocycles. The van der Waals surface area contributed by atoms with Crippen molar-refractivity contribution >= 4 is 18.4 Å². The molecule has 152 valence electrons. The minimum Gasteiger partial charge on any atom is -0.486 e. The number of benzene rings is 2. The number of carbonyl (C=O) groups is 1. The molecule has 1 aliphatic rings. The highest BCUT2D eigenvalue weighted by molar-refractivity contribution is 5.85. The first-order valence-electron chi connectivity index (χ1n) is 9.45. The van der Waals surface area contributed by atoms with Gasteiger partial charge in [-0.15, -0.1) is 12.4 Å². The van der Waals surface area contributed by atoms with E-state index >= 15 is 0 Å². The van der Waals surface area contributed by atoms with Gasteiger partial charge in [0, 0.05) is 5.92 Å². The zero-order chi connectivity index (χ0) is 19.2. The Hall–Kier alpha value is -2.11. The van der Waals surface area contributed by atoms with Crippen molar-refractivity contribution in [2.24, 2.45) is 11.7 Å². The van der Waals surface area contributed by atoms with Crippen molar-refractivity contribution in [1.29, 1.82) is 0 Å². The molecule has 4 nitrogen and oxygen atoms in total. The summed E-state index contributed by atoms with van der Waals surface area (Å²) >= 11 is 0. The van der Waals surface area contributed by atoms with Gasteiger partial charge in [0.05, 0.1) is 0 Å². The van der Waals surface area contributed by atoms with E-state index in [1.54, 1.807) is 12.1 Å². The number of esters is 1. The molecule has 0 radical (unpaired) electrons. The number of cyclic esters (lactones) is 1. The van der Waals surface area contributed by atoms with Crippen LogP contribution in [0.3, 0.4) is 0 Å². The Kier molecular flexibility index (Phi) is 8.27. The highest BCUT2D eigenvalue weighted by atomic mass is 35.5. The van der Waals surface area contributed by atoms with Crippen molar-refractivity contribution in [3.63, 3.8) is 0 Å². The average Bonchev–Trinajstić information content (AvgIpc) is 2.71. The molecular weight excluding hydrogens is 381 g/mol. The van der Waals surface area contributed by atoms with E-state index in [9.17, 15) is 9.18 Å². The molecule has 3 rings (SSSR count). The lowest BCUT2D eigenvalue weighted by molar-refractivity contribution is -0.155. The van der Waals surface area contributed by atoms with Gasteiger partial charge in [-0.2, -0.15) is 0 Å². The summed E-state index contributed by atoms with van der Waals surface area (Å²) in [6.45, 7) is 1.85. The van der Waals surface area contributed by atoms with Gasteiger partial charge >= 0.3 is 5.97 Å². The standard InChI is InChI=1S/C22H26FNO3.ClH/c1-15-21(27-19-7-3-2-4-8-19)17(6-5-9-20(24)22(25)26-15)14-16-10-12-18(23)13-11-16;/h2-4,7-8,10-13,15,17,20-21H,5-6,9,14,24H2,1H3;1H/t15-,17+,20-,21-;/m0./s1. The van der Waals surface area contributed by atoms with Gasteiger partial charge < -0.3 is 15.2 Å². The molecule has 1 fully saturated rings. The third-order valence-electron chi connectivity index (χ3n) is 5.05. The van der Waals surface area contributed by atoms with E-state index in [-0.39, 0.29) is 36.2 Å². The van der Waals surface area contributed by atoms with Gasteiger partial charge in [-0.3, -0.25) is 4.79 Å². The lowest BCUT2D eigenvalue weighted by atomic mass is 9.87. The summed E-state index contributed by atoms with van der Waals surface area (Å²) in [5.74, 6) is 0.215.